The highest BCUT2D eigenvalue weighted by Gasteiger charge is 2.12. The maximum atomic E-state index is 11.0. The molecule has 6 nitrogen and oxygen atoms in total. The van der Waals surface area contributed by atoms with Gasteiger partial charge in [0.2, 0.25) is 5.91 Å². The molecule has 1 atom stereocenters. The number of unbranched alkanes of at least 4 members (excludes halogenated alkanes) is 2. The maximum Gasteiger partial charge on any atom is 0.233 e. The van der Waals surface area contributed by atoms with Gasteiger partial charge in [0.1, 0.15) is 0 Å². The molecule has 19 heavy (non-hydrogen) atoms. The number of carbonyl (C=O) groups is 1. The second kappa shape index (κ2) is 12.3. The Morgan fingerprint density at radius 3 is 2.53 bits per heavy atom. The van der Waals surface area contributed by atoms with E-state index in [4.69, 9.17) is 15.3 Å². The first-order valence-corrected chi connectivity index (χ1v) is 6.87. The molecule has 0 aliphatic rings. The van der Waals surface area contributed by atoms with E-state index in [0.29, 0.717) is 12.5 Å². The Kier molecular flexibility index (Phi) is 11.9. The van der Waals surface area contributed by atoms with Gasteiger partial charge in [0, 0.05) is 33.2 Å². The molecule has 114 valence electrons. The van der Waals surface area contributed by atoms with Gasteiger partial charge < -0.3 is 9.47 Å². The van der Waals surface area contributed by atoms with Crippen molar-refractivity contribution in [1.82, 2.24) is 10.3 Å². The molecule has 0 heterocycles. The summed E-state index contributed by atoms with van der Waals surface area (Å²) in [5.74, 6) is 4.93. The molecule has 0 spiro atoms. The molecular formula is C13H29N3O3. The van der Waals surface area contributed by atoms with Crippen molar-refractivity contribution < 1.29 is 14.3 Å². The number of nitrogens with one attached hydrogen (secondary N) is 1. The topological polar surface area (TPSA) is 76.8 Å². The van der Waals surface area contributed by atoms with E-state index in [0.717, 1.165) is 45.6 Å². The molecule has 0 saturated carbocycles. The minimum Gasteiger partial charge on any atom is -0.383 e. The largest absolute Gasteiger partial charge is 0.383 e. The van der Waals surface area contributed by atoms with Crippen LogP contribution in [0, 0.1) is 0 Å². The van der Waals surface area contributed by atoms with Crippen LogP contribution in [-0.4, -0.2) is 57.4 Å². The summed E-state index contributed by atoms with van der Waals surface area (Å²) < 4.78 is 10.3. The van der Waals surface area contributed by atoms with Gasteiger partial charge in [0.25, 0.3) is 0 Å². The fourth-order valence-electron chi connectivity index (χ4n) is 1.96. The summed E-state index contributed by atoms with van der Waals surface area (Å²) in [5.41, 5.74) is 2.15. The Morgan fingerprint density at radius 1 is 1.21 bits per heavy atom. The lowest BCUT2D eigenvalue weighted by Gasteiger charge is -2.28. The fraction of sp³-hybridized carbons (Fsp3) is 0.923. The van der Waals surface area contributed by atoms with Crippen LogP contribution in [0.4, 0.5) is 0 Å². The van der Waals surface area contributed by atoms with E-state index in [1.807, 2.05) is 0 Å². The highest BCUT2D eigenvalue weighted by Crippen LogP contribution is 2.06. The molecule has 1 amide bonds. The fourth-order valence-corrected chi connectivity index (χ4v) is 1.96. The Bertz CT molecular complexity index is 227. The third kappa shape index (κ3) is 9.84. The van der Waals surface area contributed by atoms with Crippen LogP contribution in [0.25, 0.3) is 0 Å². The van der Waals surface area contributed by atoms with E-state index in [1.54, 1.807) is 14.2 Å². The Morgan fingerprint density at radius 2 is 1.95 bits per heavy atom. The van der Waals surface area contributed by atoms with Gasteiger partial charge in [0.15, 0.2) is 0 Å². The SMILES string of the molecule is COCCN(CCCCCC(=O)NN)C(C)COC. The number of methoxy groups -OCH3 is 2. The van der Waals surface area contributed by atoms with Gasteiger partial charge in [0.05, 0.1) is 13.2 Å². The lowest BCUT2D eigenvalue weighted by Crippen LogP contribution is -2.39. The van der Waals surface area contributed by atoms with Gasteiger partial charge in [-0.15, -0.1) is 0 Å². The predicted octanol–water partition coefficient (Wildman–Crippen LogP) is 0.520. The van der Waals surface area contributed by atoms with Crippen molar-refractivity contribution in [3.05, 3.63) is 0 Å². The van der Waals surface area contributed by atoms with Crippen LogP contribution < -0.4 is 11.3 Å². The van der Waals surface area contributed by atoms with Crippen LogP contribution in [0.15, 0.2) is 0 Å². The number of carbonyl (C=O) groups excluding carboxylic acids is 1. The molecule has 3 N–H and O–H groups in total. The average molecular weight is 275 g/mol. The normalized spacial score (nSPS) is 12.7. The summed E-state index contributed by atoms with van der Waals surface area (Å²) in [5, 5.41) is 0. The van der Waals surface area contributed by atoms with E-state index in [9.17, 15) is 4.79 Å². The van der Waals surface area contributed by atoms with Crippen molar-refractivity contribution >= 4 is 5.91 Å². The molecule has 0 aromatic heterocycles. The van der Waals surface area contributed by atoms with Gasteiger partial charge >= 0.3 is 0 Å². The standard InChI is InChI=1S/C13H29N3O3/c1-12(11-19-3)16(9-10-18-2)8-6-4-5-7-13(17)15-14/h12H,4-11,14H2,1-3H3,(H,15,17). The summed E-state index contributed by atoms with van der Waals surface area (Å²) >= 11 is 0. The zero-order valence-corrected chi connectivity index (χ0v) is 12.5. The van der Waals surface area contributed by atoms with E-state index in [2.05, 4.69) is 17.2 Å². The first-order chi connectivity index (χ1) is 9.15. The quantitative estimate of drug-likeness (QED) is 0.235. The maximum absolute atomic E-state index is 11.0. The van der Waals surface area contributed by atoms with E-state index >= 15 is 0 Å². The van der Waals surface area contributed by atoms with Crippen molar-refractivity contribution in [1.29, 1.82) is 0 Å². The third-order valence-corrected chi connectivity index (χ3v) is 3.12. The molecule has 0 radical (unpaired) electrons. The van der Waals surface area contributed by atoms with Crippen LogP contribution in [0.2, 0.25) is 0 Å². The molecule has 0 rings (SSSR count). The van der Waals surface area contributed by atoms with Crippen LogP contribution in [0.5, 0.6) is 0 Å². The van der Waals surface area contributed by atoms with Crippen molar-refractivity contribution in [3.63, 3.8) is 0 Å². The van der Waals surface area contributed by atoms with Crippen molar-refractivity contribution in [2.24, 2.45) is 5.84 Å². The summed E-state index contributed by atoms with van der Waals surface area (Å²) in [4.78, 5) is 13.3. The molecule has 0 aliphatic carbocycles. The van der Waals surface area contributed by atoms with E-state index < -0.39 is 0 Å². The Balaban J connectivity index is 3.81. The number of hydrogen-bond acceptors (Lipinski definition) is 5. The van der Waals surface area contributed by atoms with Crippen LogP contribution in [-0.2, 0) is 14.3 Å². The monoisotopic (exact) mass is 275 g/mol. The molecule has 6 heteroatoms. The van der Waals surface area contributed by atoms with Gasteiger partial charge in [-0.05, 0) is 26.3 Å². The number of nitrogens with zero attached hydrogens (tertiary/aromatic N) is 1. The van der Waals surface area contributed by atoms with Crippen LogP contribution in [0.1, 0.15) is 32.6 Å². The van der Waals surface area contributed by atoms with Gasteiger partial charge in [-0.2, -0.15) is 0 Å². The number of ether oxygens (including phenoxy) is 2. The molecule has 0 aromatic rings. The second-order valence-corrected chi connectivity index (χ2v) is 4.71. The Hall–Kier alpha value is -0.690. The smallest absolute Gasteiger partial charge is 0.233 e. The lowest BCUT2D eigenvalue weighted by atomic mass is 10.1. The first kappa shape index (κ1) is 18.3. The molecule has 0 fully saturated rings. The van der Waals surface area contributed by atoms with Crippen molar-refractivity contribution in [2.45, 2.75) is 38.6 Å². The highest BCUT2D eigenvalue weighted by atomic mass is 16.5. The summed E-state index contributed by atoms with van der Waals surface area (Å²) in [6, 6.07) is 0.382. The zero-order valence-electron chi connectivity index (χ0n) is 12.5. The lowest BCUT2D eigenvalue weighted by molar-refractivity contribution is -0.121. The van der Waals surface area contributed by atoms with Gasteiger partial charge in [-0.1, -0.05) is 6.42 Å². The number of nitrogens with two attached hydrogens (primary N) is 1. The molecule has 0 saturated heterocycles. The minimum absolute atomic E-state index is 0.0935. The molecule has 0 aromatic carbocycles. The molecular weight excluding hydrogens is 246 g/mol. The number of amides is 1. The predicted molar refractivity (Wildman–Crippen MR) is 75.6 cm³/mol. The van der Waals surface area contributed by atoms with Crippen LogP contribution in [0.3, 0.4) is 0 Å². The number of hydrogen-bond donors (Lipinski definition) is 2. The van der Waals surface area contributed by atoms with Crippen LogP contribution >= 0.6 is 0 Å². The summed E-state index contributed by atoms with van der Waals surface area (Å²) in [6.45, 7) is 5.51. The molecule has 0 bridgehead atoms. The van der Waals surface area contributed by atoms with E-state index in [-0.39, 0.29) is 5.91 Å². The molecule has 1 unspecified atom stereocenters. The number of rotatable bonds is 12. The summed E-state index contributed by atoms with van der Waals surface area (Å²) in [6.07, 6.45) is 3.47. The highest BCUT2D eigenvalue weighted by molar-refractivity contribution is 5.74. The second-order valence-electron chi connectivity index (χ2n) is 4.71. The van der Waals surface area contributed by atoms with Gasteiger partial charge in [-0.3, -0.25) is 15.1 Å². The zero-order chi connectivity index (χ0) is 14.5. The number of hydrazine groups is 1. The minimum atomic E-state index is -0.0935. The Labute approximate surface area is 116 Å². The third-order valence-electron chi connectivity index (χ3n) is 3.12. The summed E-state index contributed by atoms with van der Waals surface area (Å²) in [7, 11) is 3.43. The van der Waals surface area contributed by atoms with Gasteiger partial charge in [-0.25, -0.2) is 5.84 Å². The molecule has 0 aliphatic heterocycles. The van der Waals surface area contributed by atoms with Crippen molar-refractivity contribution in [3.8, 4) is 0 Å². The van der Waals surface area contributed by atoms with Crippen molar-refractivity contribution in [2.75, 3.05) is 40.5 Å². The average Bonchev–Trinajstić information content (AvgIpc) is 2.41. The first-order valence-electron chi connectivity index (χ1n) is 6.87. The van der Waals surface area contributed by atoms with E-state index in [1.165, 1.54) is 0 Å².